The number of hydrogen-bond donors (Lipinski definition) is 0. The lowest BCUT2D eigenvalue weighted by Crippen LogP contribution is -2.51. The third kappa shape index (κ3) is 7.80. The number of hydrogen-bond acceptors (Lipinski definition) is 5. The summed E-state index contributed by atoms with van der Waals surface area (Å²) in [4.78, 5) is 29.6. The standard InChI is InChI=1S/C26H33F2N3O5S/c1-3-37(34,35)30(15-16-36-2)19-25(32)31(18-20-5-4-6-23(28)17-20)24-11-13-29(14-12-24)26(33)21-7-9-22(27)10-8-21/h4-10,17,24H,3,11-16,18-19H2,1-2H3. The predicted octanol–water partition coefficient (Wildman–Crippen LogP) is 2.90. The number of halogens is 2. The van der Waals surface area contributed by atoms with Crippen molar-refractivity contribution in [2.45, 2.75) is 32.4 Å². The molecule has 37 heavy (non-hydrogen) atoms. The molecule has 0 N–H and O–H groups in total. The summed E-state index contributed by atoms with van der Waals surface area (Å²) in [6.45, 7) is 2.18. The zero-order valence-corrected chi connectivity index (χ0v) is 21.9. The lowest BCUT2D eigenvalue weighted by molar-refractivity contribution is -0.135. The van der Waals surface area contributed by atoms with Crippen LogP contribution in [0.25, 0.3) is 0 Å². The van der Waals surface area contributed by atoms with Gasteiger partial charge in [-0.2, -0.15) is 4.31 Å². The van der Waals surface area contributed by atoms with Crippen molar-refractivity contribution in [2.75, 3.05) is 45.6 Å². The van der Waals surface area contributed by atoms with Crippen LogP contribution in [-0.2, 0) is 26.1 Å². The van der Waals surface area contributed by atoms with Gasteiger partial charge in [0, 0.05) is 44.9 Å². The van der Waals surface area contributed by atoms with Crippen LogP contribution < -0.4 is 0 Å². The van der Waals surface area contributed by atoms with Crippen LogP contribution in [0.5, 0.6) is 0 Å². The Labute approximate surface area is 216 Å². The average Bonchev–Trinajstić information content (AvgIpc) is 2.89. The van der Waals surface area contributed by atoms with Crippen molar-refractivity contribution < 1.29 is 31.5 Å². The van der Waals surface area contributed by atoms with Crippen molar-refractivity contribution in [1.29, 1.82) is 0 Å². The Balaban J connectivity index is 1.77. The number of benzene rings is 2. The molecule has 0 unspecified atom stereocenters. The van der Waals surface area contributed by atoms with Gasteiger partial charge in [0.05, 0.1) is 18.9 Å². The van der Waals surface area contributed by atoms with E-state index < -0.39 is 27.6 Å². The number of nitrogens with zero attached hydrogens (tertiary/aromatic N) is 3. The highest BCUT2D eigenvalue weighted by molar-refractivity contribution is 7.89. The first-order valence-corrected chi connectivity index (χ1v) is 13.8. The van der Waals surface area contributed by atoms with E-state index in [0.29, 0.717) is 37.1 Å². The highest BCUT2D eigenvalue weighted by Gasteiger charge is 2.32. The number of amides is 2. The first-order chi connectivity index (χ1) is 17.6. The molecular formula is C26H33F2N3O5S. The number of carbonyl (C=O) groups excluding carboxylic acids is 2. The number of sulfonamides is 1. The minimum Gasteiger partial charge on any atom is -0.383 e. The minimum atomic E-state index is -3.66. The molecule has 0 bridgehead atoms. The van der Waals surface area contributed by atoms with E-state index in [9.17, 15) is 26.8 Å². The summed E-state index contributed by atoms with van der Waals surface area (Å²) in [5, 5.41) is 0. The largest absolute Gasteiger partial charge is 0.383 e. The van der Waals surface area contributed by atoms with Gasteiger partial charge in [0.15, 0.2) is 0 Å². The van der Waals surface area contributed by atoms with E-state index in [0.717, 1.165) is 4.31 Å². The molecule has 1 fully saturated rings. The number of methoxy groups -OCH3 is 1. The number of piperidine rings is 1. The summed E-state index contributed by atoms with van der Waals surface area (Å²) in [5.41, 5.74) is 0.964. The van der Waals surface area contributed by atoms with E-state index >= 15 is 0 Å². The maximum Gasteiger partial charge on any atom is 0.253 e. The van der Waals surface area contributed by atoms with Crippen LogP contribution in [0.4, 0.5) is 8.78 Å². The van der Waals surface area contributed by atoms with E-state index in [-0.39, 0.29) is 43.9 Å². The van der Waals surface area contributed by atoms with Gasteiger partial charge in [0.2, 0.25) is 15.9 Å². The molecular weight excluding hydrogens is 504 g/mol. The number of carbonyl (C=O) groups is 2. The van der Waals surface area contributed by atoms with Crippen LogP contribution in [-0.4, -0.2) is 86.0 Å². The van der Waals surface area contributed by atoms with Crippen molar-refractivity contribution >= 4 is 21.8 Å². The van der Waals surface area contributed by atoms with Gasteiger partial charge < -0.3 is 14.5 Å². The van der Waals surface area contributed by atoms with Crippen molar-refractivity contribution in [3.05, 3.63) is 71.3 Å². The molecule has 202 valence electrons. The Hall–Kier alpha value is -2.89. The molecule has 0 aromatic heterocycles. The average molecular weight is 538 g/mol. The zero-order valence-electron chi connectivity index (χ0n) is 21.1. The summed E-state index contributed by atoms with van der Waals surface area (Å²) in [7, 11) is -2.20. The van der Waals surface area contributed by atoms with Crippen LogP contribution in [0.2, 0.25) is 0 Å². The summed E-state index contributed by atoms with van der Waals surface area (Å²) in [6, 6.07) is 11.0. The molecule has 2 aromatic carbocycles. The number of ether oxygens (including phenoxy) is 1. The SMILES string of the molecule is CCS(=O)(=O)N(CCOC)CC(=O)N(Cc1cccc(F)c1)C1CCN(C(=O)c2ccc(F)cc2)CC1. The maximum atomic E-state index is 13.9. The fraction of sp³-hybridized carbons (Fsp3) is 0.462. The molecule has 8 nitrogen and oxygen atoms in total. The maximum absolute atomic E-state index is 13.9. The number of rotatable bonds is 11. The van der Waals surface area contributed by atoms with Gasteiger partial charge in [-0.1, -0.05) is 12.1 Å². The Bertz CT molecular complexity index is 1170. The lowest BCUT2D eigenvalue weighted by atomic mass is 10.0. The number of likely N-dealkylation sites (tertiary alicyclic amines) is 1. The Kier molecular flexibility index (Phi) is 10.1. The molecule has 1 saturated heterocycles. The molecule has 0 saturated carbocycles. The second-order valence-electron chi connectivity index (χ2n) is 8.91. The van der Waals surface area contributed by atoms with Crippen LogP contribution in [0, 0.1) is 11.6 Å². The predicted molar refractivity (Wildman–Crippen MR) is 135 cm³/mol. The Morgan fingerprint density at radius 1 is 1.05 bits per heavy atom. The smallest absolute Gasteiger partial charge is 0.253 e. The Morgan fingerprint density at radius 2 is 1.73 bits per heavy atom. The van der Waals surface area contributed by atoms with Gasteiger partial charge in [-0.3, -0.25) is 9.59 Å². The van der Waals surface area contributed by atoms with E-state index in [1.807, 2.05) is 0 Å². The van der Waals surface area contributed by atoms with Gasteiger partial charge in [-0.15, -0.1) is 0 Å². The molecule has 2 amide bonds. The highest BCUT2D eigenvalue weighted by atomic mass is 32.2. The molecule has 1 heterocycles. The molecule has 0 atom stereocenters. The lowest BCUT2D eigenvalue weighted by Gasteiger charge is -2.39. The molecule has 1 aliphatic heterocycles. The first kappa shape index (κ1) is 28.7. The summed E-state index contributed by atoms with van der Waals surface area (Å²) in [5.74, 6) is -1.63. The molecule has 11 heteroatoms. The second-order valence-corrected chi connectivity index (χ2v) is 11.2. The van der Waals surface area contributed by atoms with E-state index in [1.165, 1.54) is 50.4 Å². The van der Waals surface area contributed by atoms with Gasteiger partial charge in [-0.25, -0.2) is 17.2 Å². The monoisotopic (exact) mass is 537 g/mol. The van der Waals surface area contributed by atoms with Crippen molar-refractivity contribution in [2.24, 2.45) is 0 Å². The highest BCUT2D eigenvalue weighted by Crippen LogP contribution is 2.22. The molecule has 2 aromatic rings. The zero-order chi connectivity index (χ0) is 27.0. The summed E-state index contributed by atoms with van der Waals surface area (Å²) >= 11 is 0. The van der Waals surface area contributed by atoms with Gasteiger partial charge in [0.25, 0.3) is 5.91 Å². The molecule has 3 rings (SSSR count). The van der Waals surface area contributed by atoms with E-state index in [1.54, 1.807) is 21.9 Å². The van der Waals surface area contributed by atoms with Crippen molar-refractivity contribution in [3.63, 3.8) is 0 Å². The Morgan fingerprint density at radius 3 is 2.32 bits per heavy atom. The quantitative estimate of drug-likeness (QED) is 0.440. The van der Waals surface area contributed by atoms with Crippen LogP contribution >= 0.6 is 0 Å². The van der Waals surface area contributed by atoms with E-state index in [4.69, 9.17) is 4.74 Å². The molecule has 0 aliphatic carbocycles. The summed E-state index contributed by atoms with van der Waals surface area (Å²) in [6.07, 6.45) is 0.930. The van der Waals surface area contributed by atoms with Gasteiger partial charge >= 0.3 is 0 Å². The fourth-order valence-electron chi connectivity index (χ4n) is 4.34. The molecule has 0 spiro atoms. The van der Waals surface area contributed by atoms with Gasteiger partial charge in [-0.05, 0) is 61.7 Å². The molecule has 0 radical (unpaired) electrons. The van der Waals surface area contributed by atoms with E-state index in [2.05, 4.69) is 0 Å². The van der Waals surface area contributed by atoms with Crippen molar-refractivity contribution in [3.8, 4) is 0 Å². The molecule has 1 aliphatic rings. The van der Waals surface area contributed by atoms with Crippen LogP contribution in [0.1, 0.15) is 35.7 Å². The second kappa shape index (κ2) is 13.1. The fourth-order valence-corrected chi connectivity index (χ4v) is 5.37. The summed E-state index contributed by atoms with van der Waals surface area (Å²) < 4.78 is 58.4. The van der Waals surface area contributed by atoms with Crippen LogP contribution in [0.3, 0.4) is 0 Å². The topological polar surface area (TPSA) is 87.2 Å². The van der Waals surface area contributed by atoms with Gasteiger partial charge in [0.1, 0.15) is 11.6 Å². The van der Waals surface area contributed by atoms with Crippen LogP contribution in [0.15, 0.2) is 48.5 Å². The third-order valence-corrected chi connectivity index (χ3v) is 8.29. The normalized spacial score (nSPS) is 14.7. The van der Waals surface area contributed by atoms with Crippen molar-refractivity contribution in [1.82, 2.24) is 14.1 Å². The first-order valence-electron chi connectivity index (χ1n) is 12.2. The third-order valence-electron chi connectivity index (χ3n) is 6.46. The minimum absolute atomic E-state index is 0.0385.